The molecule has 2 aromatic carbocycles. The van der Waals surface area contributed by atoms with E-state index in [4.69, 9.17) is 27.9 Å². The van der Waals surface area contributed by atoms with Crippen molar-refractivity contribution < 1.29 is 14.3 Å². The molecule has 1 aromatic heterocycles. The predicted molar refractivity (Wildman–Crippen MR) is 120 cm³/mol. The van der Waals surface area contributed by atoms with Crippen molar-refractivity contribution in [2.24, 2.45) is 0 Å². The van der Waals surface area contributed by atoms with Gasteiger partial charge in [-0.25, -0.2) is 4.98 Å². The molecule has 8 heteroatoms. The number of piperidine rings is 1. The Bertz CT molecular complexity index is 1060. The molecule has 156 valence electrons. The largest absolute Gasteiger partial charge is 0.467 e. The number of hydrogen-bond donors (Lipinski definition) is 0. The van der Waals surface area contributed by atoms with Crippen LogP contribution in [0, 0.1) is 0 Å². The number of hydrogen-bond acceptors (Lipinski definition) is 5. The molecular formula is C22H20Cl2N2O3S. The van der Waals surface area contributed by atoms with Crippen LogP contribution in [0.15, 0.2) is 42.5 Å². The Kier molecular flexibility index (Phi) is 6.56. The highest BCUT2D eigenvalue weighted by Crippen LogP contribution is 2.33. The van der Waals surface area contributed by atoms with Crippen LogP contribution in [-0.2, 0) is 4.79 Å². The van der Waals surface area contributed by atoms with E-state index < -0.39 is 0 Å². The molecule has 1 amide bonds. The number of halogens is 2. The molecule has 0 saturated carbocycles. The quantitative estimate of drug-likeness (QED) is 0.444. The summed E-state index contributed by atoms with van der Waals surface area (Å²) in [6.07, 6.45) is 1.90. The van der Waals surface area contributed by atoms with Crippen LogP contribution < -0.4 is 4.74 Å². The van der Waals surface area contributed by atoms with Crippen LogP contribution in [0.4, 0.5) is 0 Å². The molecule has 1 aliphatic heterocycles. The highest BCUT2D eigenvalue weighted by Gasteiger charge is 2.25. The van der Waals surface area contributed by atoms with Crippen molar-refractivity contribution in [1.82, 2.24) is 9.88 Å². The smallest absolute Gasteiger partial charge is 0.274 e. The van der Waals surface area contributed by atoms with Crippen LogP contribution in [0.3, 0.4) is 0 Å². The van der Waals surface area contributed by atoms with E-state index >= 15 is 0 Å². The Labute approximate surface area is 188 Å². The number of benzene rings is 2. The van der Waals surface area contributed by atoms with E-state index in [2.05, 4.69) is 4.98 Å². The lowest BCUT2D eigenvalue weighted by molar-refractivity contribution is -0.132. The summed E-state index contributed by atoms with van der Waals surface area (Å²) in [5.74, 6) is -0.0461. The Morgan fingerprint density at radius 3 is 2.50 bits per heavy atom. The molecule has 0 radical (unpaired) electrons. The number of fused-ring (bicyclic) bond motifs is 1. The summed E-state index contributed by atoms with van der Waals surface area (Å²) in [6, 6.07) is 12.4. The maximum absolute atomic E-state index is 12.5. The first-order chi connectivity index (χ1) is 14.5. The molecule has 0 unspecified atom stereocenters. The van der Waals surface area contributed by atoms with Gasteiger partial charge in [-0.1, -0.05) is 40.6 Å². The summed E-state index contributed by atoms with van der Waals surface area (Å²) in [7, 11) is 0. The van der Waals surface area contributed by atoms with Crippen LogP contribution in [0.5, 0.6) is 5.19 Å². The number of ketones is 1. The highest BCUT2D eigenvalue weighted by atomic mass is 35.5. The van der Waals surface area contributed by atoms with Crippen molar-refractivity contribution >= 4 is 56.4 Å². The van der Waals surface area contributed by atoms with E-state index in [0.29, 0.717) is 33.9 Å². The molecule has 3 aromatic rings. The third-order valence-corrected chi connectivity index (χ3v) is 6.61. The first-order valence-electron chi connectivity index (χ1n) is 9.78. The van der Waals surface area contributed by atoms with Gasteiger partial charge in [0, 0.05) is 49.4 Å². The second kappa shape index (κ2) is 9.33. The fourth-order valence-electron chi connectivity index (χ4n) is 3.47. The first-order valence-corrected chi connectivity index (χ1v) is 11.3. The molecule has 2 heterocycles. The van der Waals surface area contributed by atoms with Gasteiger partial charge in [0.05, 0.1) is 9.72 Å². The molecule has 0 bridgehead atoms. The SMILES string of the molecule is O=C(CCC(=O)N1CCC(Oc2nc3c(Cl)cccc3s2)CC1)c1ccc(Cl)cc1. The summed E-state index contributed by atoms with van der Waals surface area (Å²) in [6.45, 7) is 1.23. The molecule has 4 rings (SSSR count). The van der Waals surface area contributed by atoms with E-state index in [1.54, 1.807) is 24.3 Å². The number of carbonyl (C=O) groups excluding carboxylic acids is 2. The van der Waals surface area contributed by atoms with Crippen LogP contribution in [0.1, 0.15) is 36.0 Å². The molecule has 0 spiro atoms. The Morgan fingerprint density at radius 2 is 1.80 bits per heavy atom. The number of aromatic nitrogens is 1. The summed E-state index contributed by atoms with van der Waals surface area (Å²) in [5.41, 5.74) is 1.34. The zero-order valence-corrected chi connectivity index (χ0v) is 18.5. The van der Waals surface area contributed by atoms with Crippen LogP contribution in [-0.4, -0.2) is 40.8 Å². The predicted octanol–water partition coefficient (Wildman–Crippen LogP) is 5.64. The fourth-order valence-corrected chi connectivity index (χ4v) is 4.78. The fraction of sp³-hybridized carbons (Fsp3) is 0.318. The maximum Gasteiger partial charge on any atom is 0.274 e. The Balaban J connectivity index is 1.25. The number of Topliss-reactive ketones (excluding diaryl/α,β-unsaturated/α-hetero) is 1. The first kappa shape index (κ1) is 21.1. The van der Waals surface area contributed by atoms with Crippen molar-refractivity contribution in [3.05, 3.63) is 58.1 Å². The molecule has 1 saturated heterocycles. The van der Waals surface area contributed by atoms with Gasteiger partial charge in [-0.2, -0.15) is 0 Å². The summed E-state index contributed by atoms with van der Waals surface area (Å²) in [5, 5.41) is 1.81. The van der Waals surface area contributed by atoms with E-state index in [-0.39, 0.29) is 30.6 Å². The van der Waals surface area contributed by atoms with Crippen LogP contribution in [0.2, 0.25) is 10.0 Å². The molecule has 0 N–H and O–H groups in total. The van der Waals surface area contributed by atoms with Gasteiger partial charge in [0.2, 0.25) is 5.91 Å². The van der Waals surface area contributed by atoms with E-state index in [1.165, 1.54) is 11.3 Å². The minimum Gasteiger partial charge on any atom is -0.467 e. The minimum absolute atomic E-state index is 0.00234. The zero-order valence-electron chi connectivity index (χ0n) is 16.1. The second-order valence-corrected chi connectivity index (χ2v) is 9.03. The lowest BCUT2D eigenvalue weighted by atomic mass is 10.0. The van der Waals surface area contributed by atoms with Gasteiger partial charge in [-0.3, -0.25) is 9.59 Å². The molecule has 0 atom stereocenters. The zero-order chi connectivity index (χ0) is 21.1. The Hall–Kier alpha value is -2.15. The standard InChI is InChI=1S/C22H20Cl2N2O3S/c23-15-6-4-14(5-7-15)18(27)8-9-20(28)26-12-10-16(11-13-26)29-22-25-21-17(24)2-1-3-19(21)30-22/h1-7,16H,8-13H2. The number of rotatable bonds is 6. The lowest BCUT2D eigenvalue weighted by Gasteiger charge is -2.31. The van der Waals surface area contributed by atoms with E-state index in [0.717, 1.165) is 23.1 Å². The van der Waals surface area contributed by atoms with Gasteiger partial charge in [0.1, 0.15) is 11.6 Å². The maximum atomic E-state index is 12.5. The van der Waals surface area contributed by atoms with Crippen molar-refractivity contribution in [3.63, 3.8) is 0 Å². The highest BCUT2D eigenvalue weighted by molar-refractivity contribution is 7.20. The van der Waals surface area contributed by atoms with Gasteiger partial charge >= 0.3 is 0 Å². The average Bonchev–Trinajstić information content (AvgIpc) is 3.17. The molecule has 1 aliphatic rings. The Morgan fingerprint density at radius 1 is 1.07 bits per heavy atom. The van der Waals surface area contributed by atoms with Crippen LogP contribution in [0.25, 0.3) is 10.2 Å². The number of para-hydroxylation sites is 1. The van der Waals surface area contributed by atoms with Gasteiger partial charge in [0.15, 0.2) is 5.78 Å². The van der Waals surface area contributed by atoms with Gasteiger partial charge in [-0.05, 0) is 36.4 Å². The average molecular weight is 463 g/mol. The van der Waals surface area contributed by atoms with Gasteiger partial charge < -0.3 is 9.64 Å². The summed E-state index contributed by atoms with van der Waals surface area (Å²) in [4.78, 5) is 31.0. The number of amides is 1. The molecule has 1 fully saturated rings. The number of ether oxygens (including phenoxy) is 1. The minimum atomic E-state index is -0.0484. The monoisotopic (exact) mass is 462 g/mol. The number of likely N-dealkylation sites (tertiary alicyclic amines) is 1. The number of carbonyl (C=O) groups is 2. The van der Waals surface area contributed by atoms with Crippen molar-refractivity contribution in [1.29, 1.82) is 0 Å². The van der Waals surface area contributed by atoms with Crippen molar-refractivity contribution in [2.75, 3.05) is 13.1 Å². The number of thiazole rings is 1. The second-order valence-electron chi connectivity index (χ2n) is 7.19. The van der Waals surface area contributed by atoms with Gasteiger partial charge in [-0.15, -0.1) is 0 Å². The van der Waals surface area contributed by atoms with Crippen LogP contribution >= 0.6 is 34.5 Å². The topological polar surface area (TPSA) is 59.5 Å². The van der Waals surface area contributed by atoms with Gasteiger partial charge in [0.25, 0.3) is 5.19 Å². The lowest BCUT2D eigenvalue weighted by Crippen LogP contribution is -2.41. The third-order valence-electron chi connectivity index (χ3n) is 5.14. The third kappa shape index (κ3) is 4.94. The molecular weight excluding hydrogens is 443 g/mol. The van der Waals surface area contributed by atoms with E-state index in [9.17, 15) is 9.59 Å². The van der Waals surface area contributed by atoms with Crippen molar-refractivity contribution in [2.45, 2.75) is 31.8 Å². The molecule has 0 aliphatic carbocycles. The number of nitrogens with zero attached hydrogens (tertiary/aromatic N) is 2. The normalized spacial score (nSPS) is 14.8. The molecule has 5 nitrogen and oxygen atoms in total. The van der Waals surface area contributed by atoms with E-state index in [1.807, 2.05) is 23.1 Å². The summed E-state index contributed by atoms with van der Waals surface area (Å²) < 4.78 is 7.03. The molecule has 30 heavy (non-hydrogen) atoms. The van der Waals surface area contributed by atoms with Crippen molar-refractivity contribution in [3.8, 4) is 5.19 Å². The summed E-state index contributed by atoms with van der Waals surface area (Å²) >= 11 is 13.5.